The van der Waals surface area contributed by atoms with E-state index in [-0.39, 0.29) is 17.5 Å². The summed E-state index contributed by atoms with van der Waals surface area (Å²) in [7, 11) is 0. The van der Waals surface area contributed by atoms with Crippen LogP contribution in [0.3, 0.4) is 0 Å². The molecule has 0 aromatic carbocycles. The Hall–Kier alpha value is -1.81. The predicted molar refractivity (Wildman–Crippen MR) is 46.3 cm³/mol. The molecule has 0 unspecified atom stereocenters. The molecule has 2 heterocycles. The summed E-state index contributed by atoms with van der Waals surface area (Å²) < 4.78 is 10.1. The molecule has 0 aliphatic carbocycles. The van der Waals surface area contributed by atoms with Gasteiger partial charge in [0.05, 0.1) is 0 Å². The minimum absolute atomic E-state index is 0.168. The standard InChI is InChI=1S/C7H4N4O2S/c1-14-7-4(2-8)10-5(13-7)6-11-9-3-12-6/h3H,1H3. The summed E-state index contributed by atoms with van der Waals surface area (Å²) in [6.45, 7) is 0. The summed E-state index contributed by atoms with van der Waals surface area (Å²) in [6.07, 6.45) is 2.96. The number of hydrogen-bond donors (Lipinski definition) is 0. The number of rotatable bonds is 2. The van der Waals surface area contributed by atoms with Crippen LogP contribution in [-0.2, 0) is 0 Å². The fourth-order valence-electron chi connectivity index (χ4n) is 0.873. The third-order valence-corrected chi connectivity index (χ3v) is 2.08. The maximum atomic E-state index is 8.71. The van der Waals surface area contributed by atoms with E-state index in [1.165, 1.54) is 18.2 Å². The lowest BCUT2D eigenvalue weighted by atomic mass is 10.5. The zero-order valence-corrected chi connectivity index (χ0v) is 7.91. The van der Waals surface area contributed by atoms with Crippen LogP contribution < -0.4 is 0 Å². The molecule has 7 heteroatoms. The fourth-order valence-corrected chi connectivity index (χ4v) is 1.32. The molecule has 0 saturated carbocycles. The number of oxazole rings is 1. The SMILES string of the molecule is CSc1oc(-c2nnco2)nc1C#N. The topological polar surface area (TPSA) is 88.7 Å². The highest BCUT2D eigenvalue weighted by Gasteiger charge is 2.16. The summed E-state index contributed by atoms with van der Waals surface area (Å²) in [5, 5.41) is 16.3. The van der Waals surface area contributed by atoms with E-state index in [2.05, 4.69) is 15.2 Å². The van der Waals surface area contributed by atoms with Crippen molar-refractivity contribution in [3.05, 3.63) is 12.1 Å². The van der Waals surface area contributed by atoms with Crippen LogP contribution in [0.5, 0.6) is 0 Å². The Kier molecular flexibility index (Phi) is 2.20. The van der Waals surface area contributed by atoms with Crippen LogP contribution >= 0.6 is 11.8 Å². The third kappa shape index (κ3) is 1.36. The van der Waals surface area contributed by atoms with Gasteiger partial charge in [-0.1, -0.05) is 11.8 Å². The van der Waals surface area contributed by atoms with Gasteiger partial charge in [0, 0.05) is 0 Å². The van der Waals surface area contributed by atoms with E-state index in [0.29, 0.717) is 5.09 Å². The molecule has 0 spiro atoms. The maximum absolute atomic E-state index is 8.71. The monoisotopic (exact) mass is 208 g/mol. The number of nitriles is 1. The van der Waals surface area contributed by atoms with Gasteiger partial charge in [0.25, 0.3) is 5.89 Å². The molecule has 0 bridgehead atoms. The number of aromatic nitrogens is 3. The molecule has 70 valence electrons. The van der Waals surface area contributed by atoms with Crippen molar-refractivity contribution in [1.29, 1.82) is 5.26 Å². The van der Waals surface area contributed by atoms with Gasteiger partial charge in [-0.15, -0.1) is 10.2 Å². The number of hydrogen-bond acceptors (Lipinski definition) is 7. The van der Waals surface area contributed by atoms with Crippen LogP contribution in [0.15, 0.2) is 20.3 Å². The molecule has 0 aliphatic heterocycles. The van der Waals surface area contributed by atoms with Gasteiger partial charge in [-0.05, 0) is 6.26 Å². The van der Waals surface area contributed by atoms with Crippen LogP contribution in [0.25, 0.3) is 11.8 Å². The highest BCUT2D eigenvalue weighted by atomic mass is 32.2. The predicted octanol–water partition coefficient (Wildman–Crippen LogP) is 1.32. The van der Waals surface area contributed by atoms with Crippen molar-refractivity contribution >= 4 is 11.8 Å². The van der Waals surface area contributed by atoms with Crippen molar-refractivity contribution in [3.8, 4) is 17.9 Å². The zero-order chi connectivity index (χ0) is 9.97. The van der Waals surface area contributed by atoms with Crippen molar-refractivity contribution in [2.45, 2.75) is 5.09 Å². The van der Waals surface area contributed by atoms with Gasteiger partial charge < -0.3 is 8.83 Å². The van der Waals surface area contributed by atoms with Crippen LogP contribution in [0.4, 0.5) is 0 Å². The van der Waals surface area contributed by atoms with Crippen molar-refractivity contribution in [2.24, 2.45) is 0 Å². The highest BCUT2D eigenvalue weighted by molar-refractivity contribution is 7.98. The van der Waals surface area contributed by atoms with Gasteiger partial charge in [-0.2, -0.15) is 10.2 Å². The van der Waals surface area contributed by atoms with Gasteiger partial charge in [0.15, 0.2) is 10.8 Å². The smallest absolute Gasteiger partial charge is 0.304 e. The van der Waals surface area contributed by atoms with Crippen LogP contribution in [-0.4, -0.2) is 21.4 Å². The normalized spacial score (nSPS) is 10.0. The van der Waals surface area contributed by atoms with Crippen LogP contribution in [0.2, 0.25) is 0 Å². The van der Waals surface area contributed by atoms with E-state index in [1.807, 2.05) is 6.07 Å². The van der Waals surface area contributed by atoms with Gasteiger partial charge >= 0.3 is 5.89 Å². The molecule has 0 aliphatic rings. The Balaban J connectivity index is 2.48. The van der Waals surface area contributed by atoms with Crippen molar-refractivity contribution in [3.63, 3.8) is 0 Å². The molecule has 14 heavy (non-hydrogen) atoms. The summed E-state index contributed by atoms with van der Waals surface area (Å²) >= 11 is 1.30. The number of thioether (sulfide) groups is 1. The molecule has 0 amide bonds. The minimum atomic E-state index is 0.168. The van der Waals surface area contributed by atoms with Crippen molar-refractivity contribution in [1.82, 2.24) is 15.2 Å². The molecular formula is C7H4N4O2S. The average molecular weight is 208 g/mol. The third-order valence-electron chi connectivity index (χ3n) is 1.43. The minimum Gasteiger partial charge on any atom is -0.424 e. The quantitative estimate of drug-likeness (QED) is 0.687. The Morgan fingerprint density at radius 3 is 2.86 bits per heavy atom. The van der Waals surface area contributed by atoms with E-state index >= 15 is 0 Å². The first kappa shape index (κ1) is 8.77. The molecule has 0 atom stereocenters. The van der Waals surface area contributed by atoms with Gasteiger partial charge in [0.2, 0.25) is 6.39 Å². The first-order chi connectivity index (χ1) is 6.85. The Morgan fingerprint density at radius 1 is 1.50 bits per heavy atom. The Bertz CT molecular complexity index is 470. The van der Waals surface area contributed by atoms with Crippen molar-refractivity contribution in [2.75, 3.05) is 6.26 Å². The second-order valence-electron chi connectivity index (χ2n) is 2.21. The second-order valence-corrected chi connectivity index (χ2v) is 2.99. The Morgan fingerprint density at radius 2 is 2.36 bits per heavy atom. The van der Waals surface area contributed by atoms with E-state index in [4.69, 9.17) is 14.1 Å². The van der Waals surface area contributed by atoms with E-state index in [0.717, 1.165) is 0 Å². The lowest BCUT2D eigenvalue weighted by Crippen LogP contribution is -1.78. The molecule has 0 N–H and O–H groups in total. The van der Waals surface area contributed by atoms with E-state index in [1.54, 1.807) is 6.26 Å². The zero-order valence-electron chi connectivity index (χ0n) is 7.09. The molecule has 2 rings (SSSR count). The Labute approximate surface area is 83.0 Å². The molecule has 2 aromatic heterocycles. The summed E-state index contributed by atoms with van der Waals surface area (Å²) in [5.41, 5.74) is 0.228. The van der Waals surface area contributed by atoms with E-state index < -0.39 is 0 Å². The summed E-state index contributed by atoms with van der Waals surface area (Å²) in [5.74, 6) is 0.338. The highest BCUT2D eigenvalue weighted by Crippen LogP contribution is 2.25. The first-order valence-corrected chi connectivity index (χ1v) is 4.79. The lowest BCUT2D eigenvalue weighted by Gasteiger charge is -1.84. The molecule has 0 radical (unpaired) electrons. The van der Waals surface area contributed by atoms with E-state index in [9.17, 15) is 0 Å². The number of nitrogens with zero attached hydrogens (tertiary/aromatic N) is 4. The maximum Gasteiger partial charge on any atom is 0.304 e. The largest absolute Gasteiger partial charge is 0.424 e. The molecule has 2 aromatic rings. The molecule has 0 fully saturated rings. The molecular weight excluding hydrogens is 204 g/mol. The fraction of sp³-hybridized carbons (Fsp3) is 0.143. The van der Waals surface area contributed by atoms with Gasteiger partial charge in [-0.3, -0.25) is 0 Å². The molecule has 6 nitrogen and oxygen atoms in total. The summed E-state index contributed by atoms with van der Waals surface area (Å²) in [4.78, 5) is 3.90. The molecule has 0 saturated heterocycles. The average Bonchev–Trinajstić information content (AvgIpc) is 2.85. The van der Waals surface area contributed by atoms with Gasteiger partial charge in [0.1, 0.15) is 6.07 Å². The van der Waals surface area contributed by atoms with Gasteiger partial charge in [-0.25, -0.2) is 0 Å². The van der Waals surface area contributed by atoms with Crippen LogP contribution in [0.1, 0.15) is 5.69 Å². The lowest BCUT2D eigenvalue weighted by molar-refractivity contribution is 0.455. The first-order valence-electron chi connectivity index (χ1n) is 3.56. The van der Waals surface area contributed by atoms with Crippen molar-refractivity contribution < 1.29 is 8.83 Å². The second kappa shape index (κ2) is 3.51. The summed E-state index contributed by atoms with van der Waals surface area (Å²) in [6, 6.07) is 1.91. The van der Waals surface area contributed by atoms with Crippen LogP contribution in [0, 0.1) is 11.3 Å².